The first-order valence-corrected chi connectivity index (χ1v) is 35.5. The minimum Gasteiger partial charge on any atom is -0.508 e. The van der Waals surface area contributed by atoms with Crippen molar-refractivity contribution < 1.29 is 118 Å². The van der Waals surface area contributed by atoms with Gasteiger partial charge in [-0.15, -0.1) is 0 Å². The number of halogens is 1. The fourth-order valence-electron chi connectivity index (χ4n) is 13.6. The van der Waals surface area contributed by atoms with Crippen LogP contribution < -0.4 is 62.9 Å². The van der Waals surface area contributed by atoms with E-state index in [0.717, 1.165) is 67.8 Å². The topological polar surface area (TPSA) is 530 Å². The van der Waals surface area contributed by atoms with Crippen molar-refractivity contribution in [2.24, 2.45) is 17.4 Å². The lowest BCUT2D eigenvalue weighted by molar-refractivity contribution is -0.333. The quantitative estimate of drug-likeness (QED) is 0.0528. The van der Waals surface area contributed by atoms with Gasteiger partial charge in [-0.1, -0.05) is 82.0 Å². The van der Waals surface area contributed by atoms with E-state index >= 15 is 19.2 Å². The Balaban J connectivity index is 1.27. The van der Waals surface area contributed by atoms with Gasteiger partial charge < -0.3 is 128 Å². The largest absolute Gasteiger partial charge is 0.508 e. The first kappa shape index (κ1) is 80.8. The second-order valence-electron chi connectivity index (χ2n) is 28.1. The van der Waals surface area contributed by atoms with E-state index in [9.17, 15) is 70.2 Å². The number of aliphatic hydroxyl groups is 6. The van der Waals surface area contributed by atoms with Crippen molar-refractivity contribution in [3.63, 3.8) is 0 Å². The van der Waals surface area contributed by atoms with Gasteiger partial charge in [0.25, 0.3) is 0 Å². The molecule has 7 aliphatic rings. The number of fused-ring (bicyclic) bond motifs is 15. The number of primary amides is 1. The Kier molecular flexibility index (Phi) is 25.6. The Labute approximate surface area is 624 Å². The third-order valence-electron chi connectivity index (χ3n) is 19.4. The Hall–Kier alpha value is -9.75. The number of amides is 7. The highest BCUT2D eigenvalue weighted by atomic mass is 35.5. The summed E-state index contributed by atoms with van der Waals surface area (Å²) in [6.07, 6.45) is -11.4. The number of carboxylic acid groups (broad SMARTS) is 1. The van der Waals surface area contributed by atoms with Gasteiger partial charge in [0.05, 0.1) is 36.3 Å². The van der Waals surface area contributed by atoms with E-state index < -0.39 is 226 Å². The summed E-state index contributed by atoms with van der Waals surface area (Å²) in [5.74, 6) is -15.3. The zero-order chi connectivity index (χ0) is 78.5. The highest BCUT2D eigenvalue weighted by Crippen LogP contribution is 2.50. The predicted octanol–water partition coefficient (Wildman–Crippen LogP) is 2.44. The van der Waals surface area contributed by atoms with Crippen LogP contribution in [0.4, 0.5) is 0 Å². The van der Waals surface area contributed by atoms with Crippen LogP contribution in [-0.2, 0) is 52.6 Å². The normalized spacial score (nSPS) is 28.4. The summed E-state index contributed by atoms with van der Waals surface area (Å²) < 4.78 is 39.2. The molecule has 108 heavy (non-hydrogen) atoms. The van der Waals surface area contributed by atoms with Crippen LogP contribution in [0.3, 0.4) is 0 Å². The van der Waals surface area contributed by atoms with Crippen LogP contribution in [0, 0.1) is 5.92 Å². The van der Waals surface area contributed by atoms with Crippen molar-refractivity contribution in [2.75, 3.05) is 13.7 Å². The number of carbonyl (C=O) groups is 8. The van der Waals surface area contributed by atoms with Gasteiger partial charge in [0.15, 0.2) is 29.9 Å². The number of aliphatic hydroxyl groups excluding tert-OH is 6. The predicted molar refractivity (Wildman–Crippen MR) is 382 cm³/mol. The van der Waals surface area contributed by atoms with Crippen molar-refractivity contribution in [3.8, 4) is 57.1 Å². The third kappa shape index (κ3) is 18.0. The number of rotatable bonds is 19. The van der Waals surface area contributed by atoms with E-state index in [1.165, 1.54) is 51.2 Å². The number of carbonyl (C=O) groups excluding carboxylic acids is 7. The number of phenols is 3. The van der Waals surface area contributed by atoms with Crippen LogP contribution in [0.15, 0.2) is 84.9 Å². The number of aliphatic carboxylic acids is 1. The zero-order valence-corrected chi connectivity index (χ0v) is 60.4. The fourth-order valence-corrected chi connectivity index (χ4v) is 13.8. The summed E-state index contributed by atoms with van der Waals surface area (Å²) in [5.41, 5.74) is 8.47. The summed E-state index contributed by atoms with van der Waals surface area (Å²) in [7, 11) is 1.48. The van der Waals surface area contributed by atoms with Crippen molar-refractivity contribution in [1.82, 2.24) is 37.2 Å². The van der Waals surface area contributed by atoms with Gasteiger partial charge in [0.2, 0.25) is 53.4 Å². The van der Waals surface area contributed by atoms with E-state index in [2.05, 4.69) is 37.2 Å². The van der Waals surface area contributed by atoms with Crippen molar-refractivity contribution in [2.45, 2.75) is 195 Å². The standard InChI is InChI=1S/C74H90ClN9O24/c1-7-8-9-10-11-12-13-33-21-35-15-18-46(33)104-48-24-37-25-49(63(48)108-73-64(62(93)61(92)50(30-85)106-73)107-52-29-74(5,77)65(94)32(4)103-52)105-47-19-16-36(23-41(47)75)60(91)57(83-66(95)42(78-6)20-31(2)3)70(99)79-43(28-51(76)89)67(96)80-55(37)69(98)81-54-34-14-17-44(87)39(22-34)53-40(26-38(86)27-45(53)88)56(72(101)102)82-71(100)58(59(35)90)84-68(54)97/h12-19,21-27,31-32,42-43,50,52,54-62,64-65,73,78,85-88,90-94H,7-11,20,28-30,77H2,1-6H3,(H2,76,89)(H,79,99)(H,80,96)(H,81,98)(H,82,100)(H,83,95)(H,84,97)(H,101,102)/b13-12+/t32-,42+,43-,50+,52-,54+,55+,56-,57+,58-,59+,60+,61+,62-,64+,65+,73-,74-/m0/s1. The summed E-state index contributed by atoms with van der Waals surface area (Å²) in [4.78, 5) is 118. The van der Waals surface area contributed by atoms with Crippen LogP contribution >= 0.6 is 11.6 Å². The molecule has 2 saturated heterocycles. The van der Waals surface area contributed by atoms with Crippen LogP contribution in [0.2, 0.25) is 5.02 Å². The summed E-state index contributed by atoms with van der Waals surface area (Å²) >= 11 is 7.16. The molecule has 33 nitrogen and oxygen atoms in total. The molecule has 5 aromatic carbocycles. The molecule has 582 valence electrons. The van der Waals surface area contributed by atoms with E-state index in [1.54, 1.807) is 12.2 Å². The van der Waals surface area contributed by atoms with Crippen molar-refractivity contribution in [3.05, 3.63) is 123 Å². The third-order valence-corrected chi connectivity index (χ3v) is 19.7. The number of carboxylic acids is 1. The molecule has 11 bridgehead atoms. The van der Waals surface area contributed by atoms with E-state index in [4.69, 9.17) is 51.5 Å². The molecule has 7 heterocycles. The molecule has 0 spiro atoms. The van der Waals surface area contributed by atoms with Gasteiger partial charge in [-0.05, 0) is 123 Å². The highest BCUT2D eigenvalue weighted by Gasteiger charge is 2.52. The van der Waals surface area contributed by atoms with Gasteiger partial charge in [-0.2, -0.15) is 0 Å². The van der Waals surface area contributed by atoms with Gasteiger partial charge in [0, 0.05) is 40.3 Å². The van der Waals surface area contributed by atoms with Crippen LogP contribution in [-0.4, -0.2) is 191 Å². The minimum atomic E-state index is -2.33. The lowest BCUT2D eigenvalue weighted by atomic mass is 9.86. The van der Waals surface area contributed by atoms with Gasteiger partial charge >= 0.3 is 5.97 Å². The van der Waals surface area contributed by atoms with E-state index in [0.29, 0.717) is 12.8 Å². The molecule has 0 aliphatic carbocycles. The average molecular weight is 1530 g/mol. The van der Waals surface area contributed by atoms with E-state index in [1.807, 2.05) is 20.8 Å². The summed E-state index contributed by atoms with van der Waals surface area (Å²) in [6, 6.07) is 0.352. The van der Waals surface area contributed by atoms with Gasteiger partial charge in [0.1, 0.15) is 89.5 Å². The van der Waals surface area contributed by atoms with Crippen LogP contribution in [0.5, 0.6) is 46.0 Å². The first-order chi connectivity index (χ1) is 51.2. The molecule has 5 aromatic rings. The molecular weight excluding hydrogens is 1430 g/mol. The summed E-state index contributed by atoms with van der Waals surface area (Å²) in [5, 5.41) is 133. The molecule has 21 N–H and O–H groups in total. The molecule has 2 fully saturated rings. The zero-order valence-electron chi connectivity index (χ0n) is 59.6. The minimum absolute atomic E-state index is 0.0745. The molecule has 0 aromatic heterocycles. The summed E-state index contributed by atoms with van der Waals surface area (Å²) in [6.45, 7) is 7.75. The lowest BCUT2D eigenvalue weighted by Gasteiger charge is -2.47. The van der Waals surface area contributed by atoms with Gasteiger partial charge in [-0.3, -0.25) is 33.6 Å². The Bertz CT molecular complexity index is 4260. The molecule has 0 unspecified atom stereocenters. The molecular formula is C74H90ClN9O24. The number of phenolic OH excluding ortho intramolecular Hbond substituents is 3. The number of allylic oxidation sites excluding steroid dienone is 1. The van der Waals surface area contributed by atoms with Crippen LogP contribution in [0.1, 0.15) is 150 Å². The number of hydrogen-bond donors (Lipinski definition) is 19. The second kappa shape index (κ2) is 34.2. The molecule has 34 heteroatoms. The molecule has 0 radical (unpaired) electrons. The number of benzene rings is 5. The maximum absolute atomic E-state index is 16.2. The molecule has 12 rings (SSSR count). The average Bonchev–Trinajstić information content (AvgIpc) is 0.772. The second-order valence-corrected chi connectivity index (χ2v) is 28.5. The fraction of sp³-hybridized carbons (Fsp3) is 0.459. The number of likely N-dealkylation sites (N-methyl/N-ethyl adjacent to an activating group) is 1. The number of unbranched alkanes of at least 4 members (excludes halogenated alkanes) is 4. The number of ether oxygens (including phenoxy) is 6. The van der Waals surface area contributed by atoms with Crippen LogP contribution in [0.25, 0.3) is 17.2 Å². The Morgan fingerprint density at radius 3 is 2.05 bits per heavy atom. The first-order valence-electron chi connectivity index (χ1n) is 35.2. The van der Waals surface area contributed by atoms with Crippen molar-refractivity contribution in [1.29, 1.82) is 0 Å². The Morgan fingerprint density at radius 1 is 0.741 bits per heavy atom. The number of nitrogens with two attached hydrogens (primary N) is 2. The highest BCUT2D eigenvalue weighted by molar-refractivity contribution is 6.32. The maximum Gasteiger partial charge on any atom is 0.330 e. The molecule has 18 atom stereocenters. The lowest BCUT2D eigenvalue weighted by Crippen LogP contribution is -2.64. The maximum atomic E-state index is 16.2. The molecule has 7 aliphatic heterocycles. The number of nitrogens with one attached hydrogen (secondary N) is 7. The number of aromatic hydroxyl groups is 3. The molecule has 0 saturated carbocycles. The van der Waals surface area contributed by atoms with Gasteiger partial charge in [-0.25, -0.2) is 4.79 Å². The Morgan fingerprint density at radius 2 is 1.40 bits per heavy atom. The van der Waals surface area contributed by atoms with E-state index in [-0.39, 0.29) is 57.5 Å². The van der Waals surface area contributed by atoms with Crippen molar-refractivity contribution >= 4 is 65.0 Å². The smallest absolute Gasteiger partial charge is 0.330 e. The monoisotopic (exact) mass is 1520 g/mol. The number of hydrogen-bond acceptors (Lipinski definition) is 25. The SMILES string of the molecule is CCCCCC/C=C/c1cc2ccc1Oc1cc3cc(c1O[C@@H]1O[C@H](CO)[C@@H](O)[C@H](O)[C@H]1O[C@H]1C[C@](C)(N)[C@H](O)[C@H](C)O1)Oc1ccc(cc1Cl)[C@@H](O)[C@@H](NC(=O)[C@@H](CC(C)C)NC)C(=O)N[C@@H](CC(N)=O)C(=O)N[C@H]3C(=O)N[C@H]1C(=O)N[C@H](C(=O)N[C@H](C(=O)O)c3cc(O)cc(O)c3-c3cc1ccc3O)[C@@H]2O. The molecule has 7 amide bonds.